The van der Waals surface area contributed by atoms with E-state index in [0.717, 1.165) is 0 Å². The molecule has 0 aliphatic carbocycles. The van der Waals surface area contributed by atoms with Crippen LogP contribution < -0.4 is 0 Å². The number of aromatic nitrogens is 3. The quantitative estimate of drug-likeness (QED) is 0.802. The third-order valence-corrected chi connectivity index (χ3v) is 4.57. The van der Waals surface area contributed by atoms with E-state index in [4.69, 9.17) is 10.7 Å². The van der Waals surface area contributed by atoms with Crippen molar-refractivity contribution in [3.63, 3.8) is 0 Å². The summed E-state index contributed by atoms with van der Waals surface area (Å²) in [4.78, 5) is 0. The first kappa shape index (κ1) is 16.4. The SMILES string of the molecule is CC(C)n1c(CC(C)C(C)(C)C)nnc1S(=O)(=O)Cl. The zero-order chi connectivity index (χ0) is 15.0. The number of nitrogens with zero attached hydrogens (tertiary/aromatic N) is 3. The normalized spacial score (nSPS) is 14.9. The molecule has 0 saturated carbocycles. The molecule has 0 bridgehead atoms. The van der Waals surface area contributed by atoms with Crippen molar-refractivity contribution in [1.29, 1.82) is 0 Å². The summed E-state index contributed by atoms with van der Waals surface area (Å²) in [5.74, 6) is 1.01. The first-order valence-electron chi connectivity index (χ1n) is 6.33. The van der Waals surface area contributed by atoms with Gasteiger partial charge in [-0.3, -0.25) is 4.57 Å². The van der Waals surface area contributed by atoms with Gasteiger partial charge in [-0.1, -0.05) is 27.7 Å². The first-order chi connectivity index (χ1) is 8.44. The van der Waals surface area contributed by atoms with Crippen molar-refractivity contribution in [3.05, 3.63) is 5.82 Å². The van der Waals surface area contributed by atoms with E-state index in [1.807, 2.05) is 13.8 Å². The molecule has 0 spiro atoms. The van der Waals surface area contributed by atoms with Crippen LogP contribution in [0, 0.1) is 11.3 Å². The van der Waals surface area contributed by atoms with E-state index in [2.05, 4.69) is 37.9 Å². The van der Waals surface area contributed by atoms with Crippen molar-refractivity contribution in [2.45, 2.75) is 59.2 Å². The van der Waals surface area contributed by atoms with Crippen LogP contribution in [0.5, 0.6) is 0 Å². The highest BCUT2D eigenvalue weighted by molar-refractivity contribution is 8.13. The molecule has 1 rings (SSSR count). The van der Waals surface area contributed by atoms with Crippen LogP contribution in [-0.4, -0.2) is 23.2 Å². The number of hydrogen-bond acceptors (Lipinski definition) is 4. The molecule has 1 atom stereocenters. The van der Waals surface area contributed by atoms with Gasteiger partial charge < -0.3 is 0 Å². The fourth-order valence-corrected chi connectivity index (χ4v) is 2.72. The number of hydrogen-bond donors (Lipinski definition) is 0. The smallest absolute Gasteiger partial charge is 0.296 e. The largest absolute Gasteiger partial charge is 0.298 e. The van der Waals surface area contributed by atoms with Crippen molar-refractivity contribution in [3.8, 4) is 0 Å². The predicted octanol–water partition coefficient (Wildman–Crippen LogP) is 3.01. The van der Waals surface area contributed by atoms with Gasteiger partial charge in [-0.25, -0.2) is 8.42 Å². The molecule has 0 radical (unpaired) electrons. The standard InChI is InChI=1S/C12H22ClN3O2S/c1-8(2)16-10(7-9(3)12(4,5)6)14-15-11(16)19(13,17)18/h8-9H,7H2,1-6H3. The molecule has 19 heavy (non-hydrogen) atoms. The van der Waals surface area contributed by atoms with Crippen LogP contribution in [0.25, 0.3) is 0 Å². The maximum Gasteiger partial charge on any atom is 0.296 e. The molecule has 0 saturated heterocycles. The molecule has 7 heteroatoms. The van der Waals surface area contributed by atoms with Gasteiger partial charge in [0.25, 0.3) is 14.2 Å². The highest BCUT2D eigenvalue weighted by Crippen LogP contribution is 2.29. The molecule has 0 fully saturated rings. The lowest BCUT2D eigenvalue weighted by Gasteiger charge is -2.27. The molecule has 110 valence electrons. The summed E-state index contributed by atoms with van der Waals surface area (Å²) in [6.07, 6.45) is 0.668. The second-order valence-electron chi connectivity index (χ2n) is 6.27. The van der Waals surface area contributed by atoms with Crippen LogP contribution in [0.3, 0.4) is 0 Å². The summed E-state index contributed by atoms with van der Waals surface area (Å²) in [7, 11) is 1.53. The molecule has 1 heterocycles. The second-order valence-corrected chi connectivity index (χ2v) is 8.73. The average Bonchev–Trinajstić information content (AvgIpc) is 2.59. The average molecular weight is 308 g/mol. The molecule has 0 aliphatic heterocycles. The summed E-state index contributed by atoms with van der Waals surface area (Å²) < 4.78 is 24.6. The summed E-state index contributed by atoms with van der Waals surface area (Å²) in [6, 6.07) is -0.0549. The molecule has 0 aromatic carbocycles. The Morgan fingerprint density at radius 3 is 2.11 bits per heavy atom. The third kappa shape index (κ3) is 3.92. The molecule has 1 aromatic heterocycles. The molecule has 0 amide bonds. The summed E-state index contributed by atoms with van der Waals surface area (Å²) in [5.41, 5.74) is 0.119. The fourth-order valence-electron chi connectivity index (χ4n) is 1.71. The van der Waals surface area contributed by atoms with Gasteiger partial charge in [-0.05, 0) is 25.2 Å². The van der Waals surface area contributed by atoms with Gasteiger partial charge in [0, 0.05) is 23.1 Å². The summed E-state index contributed by atoms with van der Waals surface area (Å²) in [6.45, 7) is 12.3. The predicted molar refractivity (Wildman–Crippen MR) is 75.8 cm³/mol. The Hall–Kier alpha value is -0.620. The van der Waals surface area contributed by atoms with Gasteiger partial charge >= 0.3 is 0 Å². The fraction of sp³-hybridized carbons (Fsp3) is 0.833. The highest BCUT2D eigenvalue weighted by atomic mass is 35.7. The van der Waals surface area contributed by atoms with Crippen molar-refractivity contribution < 1.29 is 8.42 Å². The maximum atomic E-state index is 11.5. The van der Waals surface area contributed by atoms with Crippen LogP contribution in [0.15, 0.2) is 5.16 Å². The van der Waals surface area contributed by atoms with Gasteiger partial charge in [0.05, 0.1) is 0 Å². The van der Waals surface area contributed by atoms with Gasteiger partial charge in [-0.2, -0.15) is 0 Å². The van der Waals surface area contributed by atoms with Crippen LogP contribution in [-0.2, 0) is 15.5 Å². The minimum Gasteiger partial charge on any atom is -0.298 e. The van der Waals surface area contributed by atoms with Gasteiger partial charge in [0.1, 0.15) is 5.82 Å². The topological polar surface area (TPSA) is 64.8 Å². The van der Waals surface area contributed by atoms with Crippen LogP contribution in [0.2, 0.25) is 0 Å². The second kappa shape index (κ2) is 5.40. The van der Waals surface area contributed by atoms with Gasteiger partial charge in [-0.15, -0.1) is 10.2 Å². The lowest BCUT2D eigenvalue weighted by molar-refractivity contribution is 0.253. The number of rotatable bonds is 4. The molecule has 5 nitrogen and oxygen atoms in total. The summed E-state index contributed by atoms with van der Waals surface area (Å²) in [5, 5.41) is 7.58. The van der Waals surface area contributed by atoms with Gasteiger partial charge in [0.15, 0.2) is 0 Å². The Bertz CT molecular complexity index is 544. The Balaban J connectivity index is 3.21. The zero-order valence-electron chi connectivity index (χ0n) is 12.3. The lowest BCUT2D eigenvalue weighted by atomic mass is 9.80. The minimum atomic E-state index is -3.87. The first-order valence-corrected chi connectivity index (χ1v) is 8.64. The van der Waals surface area contributed by atoms with Crippen molar-refractivity contribution in [2.75, 3.05) is 0 Å². The Kier molecular flexibility index (Phi) is 4.67. The van der Waals surface area contributed by atoms with Crippen molar-refractivity contribution in [2.24, 2.45) is 11.3 Å². The maximum absolute atomic E-state index is 11.5. The third-order valence-electron chi connectivity index (χ3n) is 3.44. The van der Waals surface area contributed by atoms with E-state index in [1.54, 1.807) is 4.57 Å². The van der Waals surface area contributed by atoms with E-state index in [1.165, 1.54) is 0 Å². The lowest BCUT2D eigenvalue weighted by Crippen LogP contribution is -2.22. The Labute approximate surface area is 119 Å². The monoisotopic (exact) mass is 307 g/mol. The molecular formula is C12H22ClN3O2S. The van der Waals surface area contributed by atoms with Crippen LogP contribution >= 0.6 is 10.7 Å². The molecule has 0 aliphatic rings. The minimum absolute atomic E-state index is 0.0549. The van der Waals surface area contributed by atoms with Crippen LogP contribution in [0.4, 0.5) is 0 Å². The van der Waals surface area contributed by atoms with E-state index >= 15 is 0 Å². The molecule has 1 unspecified atom stereocenters. The Morgan fingerprint density at radius 1 is 1.21 bits per heavy atom. The summed E-state index contributed by atoms with van der Waals surface area (Å²) >= 11 is 0. The van der Waals surface area contributed by atoms with E-state index in [9.17, 15) is 8.42 Å². The van der Waals surface area contributed by atoms with Crippen LogP contribution in [0.1, 0.15) is 53.4 Å². The molecular weight excluding hydrogens is 286 g/mol. The Morgan fingerprint density at radius 2 is 1.74 bits per heavy atom. The van der Waals surface area contributed by atoms with Crippen molar-refractivity contribution in [1.82, 2.24) is 14.8 Å². The number of halogens is 1. The highest BCUT2D eigenvalue weighted by Gasteiger charge is 2.27. The molecule has 0 N–H and O–H groups in total. The zero-order valence-corrected chi connectivity index (χ0v) is 13.9. The van der Waals surface area contributed by atoms with Crippen molar-refractivity contribution >= 4 is 19.7 Å². The van der Waals surface area contributed by atoms with E-state index in [0.29, 0.717) is 18.2 Å². The van der Waals surface area contributed by atoms with E-state index < -0.39 is 9.05 Å². The molecule has 1 aromatic rings. The van der Waals surface area contributed by atoms with Gasteiger partial charge in [0.2, 0.25) is 0 Å². The van der Waals surface area contributed by atoms with E-state index in [-0.39, 0.29) is 16.6 Å².